The number of carboxylic acids is 1. The molecule has 1 aromatic heterocycles. The number of carboxylic acid groups (broad SMARTS) is 1. The van der Waals surface area contributed by atoms with Crippen LogP contribution in [0.2, 0.25) is 0 Å². The summed E-state index contributed by atoms with van der Waals surface area (Å²) in [6.45, 7) is 4.19. The van der Waals surface area contributed by atoms with E-state index in [1.54, 1.807) is 0 Å². The largest absolute Gasteiger partial charge is 0.481 e. The van der Waals surface area contributed by atoms with E-state index in [9.17, 15) is 9.90 Å². The first-order valence-electron chi connectivity index (χ1n) is 9.05. The van der Waals surface area contributed by atoms with Crippen molar-refractivity contribution in [2.24, 2.45) is 13.0 Å². The molecular weight excluding hydrogens is 314 g/mol. The van der Waals surface area contributed by atoms with Gasteiger partial charge in [0.25, 0.3) is 0 Å². The molecular formula is C20H25N3O2. The normalized spacial score (nSPS) is 23.9. The van der Waals surface area contributed by atoms with Crippen molar-refractivity contribution >= 4 is 5.97 Å². The van der Waals surface area contributed by atoms with Crippen molar-refractivity contribution in [3.8, 4) is 0 Å². The van der Waals surface area contributed by atoms with E-state index in [0.717, 1.165) is 30.3 Å². The number of nitrogens with zero attached hydrogens (tertiary/aromatic N) is 3. The maximum absolute atomic E-state index is 11.8. The minimum atomic E-state index is -0.708. The molecule has 2 heterocycles. The molecule has 132 valence electrons. The Bertz CT molecular complexity index is 777. The van der Waals surface area contributed by atoms with Crippen molar-refractivity contribution < 1.29 is 9.90 Å². The number of benzene rings is 1. The van der Waals surface area contributed by atoms with Gasteiger partial charge in [0.2, 0.25) is 0 Å². The monoisotopic (exact) mass is 339 g/mol. The fourth-order valence-corrected chi connectivity index (χ4v) is 4.03. The van der Waals surface area contributed by atoms with Gasteiger partial charge in [-0.1, -0.05) is 24.3 Å². The van der Waals surface area contributed by atoms with Crippen molar-refractivity contribution in [3.63, 3.8) is 0 Å². The topological polar surface area (TPSA) is 58.4 Å². The summed E-state index contributed by atoms with van der Waals surface area (Å²) in [6.07, 6.45) is 4.47. The highest BCUT2D eigenvalue weighted by Gasteiger charge is 2.39. The average molecular weight is 339 g/mol. The summed E-state index contributed by atoms with van der Waals surface area (Å²) >= 11 is 0. The van der Waals surface area contributed by atoms with Gasteiger partial charge in [0, 0.05) is 38.3 Å². The molecule has 0 unspecified atom stereocenters. The molecule has 25 heavy (non-hydrogen) atoms. The van der Waals surface area contributed by atoms with Crippen LogP contribution in [-0.4, -0.2) is 38.8 Å². The van der Waals surface area contributed by atoms with Crippen LogP contribution in [0.4, 0.5) is 0 Å². The first-order chi connectivity index (χ1) is 12.0. The second-order valence-electron chi connectivity index (χ2n) is 7.57. The van der Waals surface area contributed by atoms with Gasteiger partial charge in [-0.05, 0) is 42.4 Å². The number of aliphatic carboxylic acids is 1. The van der Waals surface area contributed by atoms with Crippen LogP contribution in [0.1, 0.15) is 47.1 Å². The maximum atomic E-state index is 11.8. The molecule has 0 spiro atoms. The molecule has 0 bridgehead atoms. The van der Waals surface area contributed by atoms with Crippen LogP contribution in [0.3, 0.4) is 0 Å². The predicted molar refractivity (Wildman–Crippen MR) is 95.5 cm³/mol. The van der Waals surface area contributed by atoms with Crippen LogP contribution >= 0.6 is 0 Å². The first-order valence-corrected chi connectivity index (χ1v) is 9.05. The average Bonchev–Trinajstić information content (AvgIpc) is 3.28. The van der Waals surface area contributed by atoms with Gasteiger partial charge in [-0.15, -0.1) is 0 Å². The van der Waals surface area contributed by atoms with Crippen LogP contribution in [-0.2, 0) is 18.4 Å². The lowest BCUT2D eigenvalue weighted by Crippen LogP contribution is -2.23. The lowest BCUT2D eigenvalue weighted by molar-refractivity contribution is -0.141. The van der Waals surface area contributed by atoms with Gasteiger partial charge < -0.3 is 5.11 Å². The molecule has 0 amide bonds. The highest BCUT2D eigenvalue weighted by molar-refractivity contribution is 5.72. The number of likely N-dealkylation sites (tertiary alicyclic amines) is 1. The predicted octanol–water partition coefficient (Wildman–Crippen LogP) is 2.91. The van der Waals surface area contributed by atoms with Gasteiger partial charge in [0.1, 0.15) is 0 Å². The summed E-state index contributed by atoms with van der Waals surface area (Å²) in [5.74, 6) is -0.291. The Kier molecular flexibility index (Phi) is 4.12. The summed E-state index contributed by atoms with van der Waals surface area (Å²) in [6, 6.07) is 8.87. The van der Waals surface area contributed by atoms with Gasteiger partial charge >= 0.3 is 5.97 Å². The molecule has 1 aliphatic carbocycles. The summed E-state index contributed by atoms with van der Waals surface area (Å²) in [4.78, 5) is 14.0. The van der Waals surface area contributed by atoms with Gasteiger partial charge in [-0.2, -0.15) is 5.10 Å². The lowest BCUT2D eigenvalue weighted by atomic mass is 9.89. The Morgan fingerprint density at radius 3 is 2.52 bits per heavy atom. The number of aryl methyl sites for hydroxylation is 1. The number of aromatic nitrogens is 2. The van der Waals surface area contributed by atoms with Crippen LogP contribution in [0.25, 0.3) is 0 Å². The molecule has 4 rings (SSSR count). The lowest BCUT2D eigenvalue weighted by Gasteiger charge is -2.16. The van der Waals surface area contributed by atoms with E-state index >= 15 is 0 Å². The molecule has 2 fully saturated rings. The van der Waals surface area contributed by atoms with Gasteiger partial charge in [0.15, 0.2) is 0 Å². The molecule has 1 saturated carbocycles. The quantitative estimate of drug-likeness (QED) is 0.910. The second-order valence-corrected chi connectivity index (χ2v) is 7.57. The number of hydrogen-bond acceptors (Lipinski definition) is 3. The van der Waals surface area contributed by atoms with Crippen molar-refractivity contribution in [2.45, 2.75) is 38.1 Å². The third kappa shape index (κ3) is 3.21. The Morgan fingerprint density at radius 1 is 1.24 bits per heavy atom. The number of carbonyl (C=O) groups is 1. The molecule has 2 aliphatic rings. The van der Waals surface area contributed by atoms with Crippen molar-refractivity contribution in [1.82, 2.24) is 14.7 Å². The molecule has 2 atom stereocenters. The van der Waals surface area contributed by atoms with E-state index in [1.807, 2.05) is 24.9 Å². The molecule has 5 nitrogen and oxygen atoms in total. The zero-order valence-electron chi connectivity index (χ0n) is 14.9. The number of rotatable bonds is 5. The summed E-state index contributed by atoms with van der Waals surface area (Å²) in [5.41, 5.74) is 4.84. The Hall–Kier alpha value is -2.14. The fraction of sp³-hybridized carbons (Fsp3) is 0.500. The van der Waals surface area contributed by atoms with E-state index in [-0.39, 0.29) is 11.8 Å². The summed E-state index contributed by atoms with van der Waals surface area (Å²) < 4.78 is 1.83. The Balaban J connectivity index is 1.49. The van der Waals surface area contributed by atoms with E-state index in [0.29, 0.717) is 6.54 Å². The standard InChI is InChI=1S/C20H25N3O2/c1-13-17(9-21-22(13)2)18-11-23(12-19(18)20(24)25)10-14-3-5-15(6-4-14)16-7-8-16/h3-6,9,16,18-19H,7-8,10-12H2,1-2H3,(H,24,25)/t18-,19+/m1/s1. The van der Waals surface area contributed by atoms with E-state index < -0.39 is 5.97 Å². The van der Waals surface area contributed by atoms with Crippen molar-refractivity contribution in [2.75, 3.05) is 13.1 Å². The smallest absolute Gasteiger partial charge is 0.308 e. The van der Waals surface area contributed by atoms with Gasteiger partial charge in [-0.25, -0.2) is 0 Å². The molecule has 1 saturated heterocycles. The Labute approximate surface area is 148 Å². The van der Waals surface area contributed by atoms with Crippen molar-refractivity contribution in [1.29, 1.82) is 0 Å². The molecule has 5 heteroatoms. The van der Waals surface area contributed by atoms with E-state index in [2.05, 4.69) is 34.3 Å². The van der Waals surface area contributed by atoms with Crippen LogP contribution in [0.15, 0.2) is 30.5 Å². The Morgan fingerprint density at radius 2 is 1.96 bits per heavy atom. The first kappa shape index (κ1) is 16.3. The zero-order valence-corrected chi connectivity index (χ0v) is 14.9. The third-order valence-electron chi connectivity index (χ3n) is 5.82. The summed E-state index contributed by atoms with van der Waals surface area (Å²) in [5, 5.41) is 14.0. The van der Waals surface area contributed by atoms with Crippen LogP contribution < -0.4 is 0 Å². The molecule has 1 aromatic carbocycles. The molecule has 1 aliphatic heterocycles. The zero-order chi connectivity index (χ0) is 17.6. The van der Waals surface area contributed by atoms with Crippen LogP contribution in [0.5, 0.6) is 0 Å². The highest BCUT2D eigenvalue weighted by atomic mass is 16.4. The highest BCUT2D eigenvalue weighted by Crippen LogP contribution is 2.40. The van der Waals surface area contributed by atoms with Crippen LogP contribution in [0, 0.1) is 12.8 Å². The SMILES string of the molecule is Cc1c([C@H]2CN(Cc3ccc(C4CC4)cc3)C[C@@H]2C(=O)O)cnn1C. The summed E-state index contributed by atoms with van der Waals surface area (Å²) in [7, 11) is 1.91. The molecule has 2 aromatic rings. The minimum absolute atomic E-state index is 0.0111. The fourth-order valence-electron chi connectivity index (χ4n) is 4.03. The minimum Gasteiger partial charge on any atom is -0.481 e. The molecule has 0 radical (unpaired) electrons. The van der Waals surface area contributed by atoms with Gasteiger partial charge in [0.05, 0.1) is 12.1 Å². The van der Waals surface area contributed by atoms with Gasteiger partial charge in [-0.3, -0.25) is 14.4 Å². The molecule has 1 N–H and O–H groups in total. The van der Waals surface area contributed by atoms with Crippen molar-refractivity contribution in [3.05, 3.63) is 52.8 Å². The second kappa shape index (κ2) is 6.30. The van der Waals surface area contributed by atoms with E-state index in [1.165, 1.54) is 24.0 Å². The number of hydrogen-bond donors (Lipinski definition) is 1. The van der Waals surface area contributed by atoms with E-state index in [4.69, 9.17) is 0 Å². The third-order valence-corrected chi connectivity index (χ3v) is 5.82. The maximum Gasteiger partial charge on any atom is 0.308 e.